The maximum Gasteiger partial charge on any atom is 3.00 e. The molecule has 2 aromatic heterocycles. The van der Waals surface area contributed by atoms with Gasteiger partial charge in [-0.1, -0.05) is 60.0 Å². The molecule has 0 saturated heterocycles. The van der Waals surface area contributed by atoms with Crippen LogP contribution in [0.2, 0.25) is 0 Å². The molecule has 0 bridgehead atoms. The molecule has 2 N–H and O–H groups in total. The summed E-state index contributed by atoms with van der Waals surface area (Å²) in [4.78, 5) is 45.2. The summed E-state index contributed by atoms with van der Waals surface area (Å²) in [6.45, 7) is 3.28. The van der Waals surface area contributed by atoms with Crippen molar-refractivity contribution in [1.29, 1.82) is 0 Å². The largest absolute Gasteiger partial charge is 3.00 e. The molecule has 0 saturated carbocycles. The number of rotatable bonds is 8. The normalized spacial score (nSPS) is 10.7. The second-order valence-electron chi connectivity index (χ2n) is 10.3. The molecule has 0 aliphatic heterocycles. The van der Waals surface area contributed by atoms with Crippen LogP contribution in [0.25, 0.3) is 11.4 Å². The van der Waals surface area contributed by atoms with Gasteiger partial charge in [-0.3, -0.25) is 40.0 Å². The maximum absolute atomic E-state index is 12.5. The maximum atomic E-state index is 12.5. The van der Waals surface area contributed by atoms with Gasteiger partial charge in [-0.25, -0.2) is 9.36 Å². The van der Waals surface area contributed by atoms with E-state index in [0.29, 0.717) is 22.8 Å². The average molecular weight is 759 g/mol. The first-order chi connectivity index (χ1) is 23.9. The van der Waals surface area contributed by atoms with Crippen LogP contribution in [0.3, 0.4) is 0 Å². The third kappa shape index (κ3) is 9.21. The van der Waals surface area contributed by atoms with E-state index in [0.717, 1.165) is 36.4 Å². The van der Waals surface area contributed by atoms with Crippen LogP contribution >= 0.6 is 0 Å². The first kappa shape index (κ1) is 40.4. The predicted molar refractivity (Wildman–Crippen MR) is 176 cm³/mol. The molecular weight excluding hydrogens is 734 g/mol. The summed E-state index contributed by atoms with van der Waals surface area (Å²) in [7, 11) is 0. The topological polar surface area (TPSA) is 257 Å². The summed E-state index contributed by atoms with van der Waals surface area (Å²) < 4.78 is 2.60. The molecule has 0 spiro atoms. The van der Waals surface area contributed by atoms with Gasteiger partial charge in [0.2, 0.25) is 0 Å². The summed E-state index contributed by atoms with van der Waals surface area (Å²) >= 11 is 0. The molecule has 0 radical (unpaired) electrons. The van der Waals surface area contributed by atoms with Crippen LogP contribution in [-0.2, 0) is 16.8 Å². The molecule has 0 amide bonds. The van der Waals surface area contributed by atoms with Crippen molar-refractivity contribution in [1.82, 2.24) is 19.6 Å². The Morgan fingerprint density at radius 2 is 0.923 bits per heavy atom. The molecule has 6 rings (SSSR count). The van der Waals surface area contributed by atoms with Crippen LogP contribution in [-0.4, -0.2) is 29.4 Å². The zero-order valence-corrected chi connectivity index (χ0v) is 30.5. The van der Waals surface area contributed by atoms with Crippen molar-refractivity contribution >= 4 is 34.1 Å². The number of nitro benzene ring substituents is 2. The SMILES string of the molecule is Cc1[nH]n(-c2ccccc2)c(=O)c1N=Nc1cc([N+](=O)[O-])ccc1[O-].Cc1[nH]n(-c2ccccc2)c(=O)c1N=Nc1cc([N+](=O)[O-])ccc1[O-].[Co+3].[Na+]. The minimum absolute atomic E-state index is 0. The number of nitrogens with zero attached hydrogens (tertiary/aromatic N) is 8. The van der Waals surface area contributed by atoms with Gasteiger partial charge in [0.15, 0.2) is 11.4 Å². The van der Waals surface area contributed by atoms with Crippen molar-refractivity contribution < 1.29 is 66.4 Å². The molecule has 6 aromatic rings. The molecule has 18 nitrogen and oxygen atoms in total. The number of aromatic nitrogens is 4. The van der Waals surface area contributed by atoms with Crippen LogP contribution in [0.4, 0.5) is 34.1 Å². The van der Waals surface area contributed by atoms with Crippen molar-refractivity contribution in [3.05, 3.63) is 149 Å². The van der Waals surface area contributed by atoms with Crippen LogP contribution < -0.4 is 50.9 Å². The molecule has 258 valence electrons. The van der Waals surface area contributed by atoms with Gasteiger partial charge in [-0.05, 0) is 38.1 Å². The second-order valence-corrected chi connectivity index (χ2v) is 10.3. The van der Waals surface area contributed by atoms with Gasteiger partial charge < -0.3 is 10.2 Å². The Kier molecular flexibility index (Phi) is 13.8. The molecule has 2 heterocycles. The van der Waals surface area contributed by atoms with Gasteiger partial charge in [0.25, 0.3) is 22.5 Å². The van der Waals surface area contributed by atoms with E-state index >= 15 is 0 Å². The number of azo groups is 2. The van der Waals surface area contributed by atoms with Gasteiger partial charge in [0, 0.05) is 24.3 Å². The van der Waals surface area contributed by atoms with E-state index in [1.165, 1.54) is 9.36 Å². The van der Waals surface area contributed by atoms with Crippen LogP contribution in [0, 0.1) is 34.1 Å². The number of aryl methyl sites for hydroxylation is 2. The van der Waals surface area contributed by atoms with E-state index in [4.69, 9.17) is 0 Å². The summed E-state index contributed by atoms with van der Waals surface area (Å²) in [6, 6.07) is 24.1. The number of aromatic amines is 2. The number of para-hydroxylation sites is 2. The minimum atomic E-state index is -0.637. The molecular formula is C32H24CoN10NaO8+2. The molecule has 52 heavy (non-hydrogen) atoms. The van der Waals surface area contributed by atoms with Crippen LogP contribution in [0.5, 0.6) is 11.5 Å². The van der Waals surface area contributed by atoms with Gasteiger partial charge in [0.05, 0.1) is 44.0 Å². The fraction of sp³-hybridized carbons (Fsp3) is 0.0625. The van der Waals surface area contributed by atoms with Crippen molar-refractivity contribution in [3.8, 4) is 22.9 Å². The molecule has 20 heteroatoms. The van der Waals surface area contributed by atoms with E-state index in [-0.39, 0.29) is 80.5 Å². The Balaban J connectivity index is 0.000000270. The minimum Gasteiger partial charge on any atom is -0.871 e. The first-order valence-electron chi connectivity index (χ1n) is 14.4. The van der Waals surface area contributed by atoms with Crippen molar-refractivity contribution in [3.63, 3.8) is 0 Å². The van der Waals surface area contributed by atoms with Gasteiger partial charge in [-0.15, -0.1) is 10.2 Å². The van der Waals surface area contributed by atoms with E-state index < -0.39 is 32.5 Å². The monoisotopic (exact) mass is 758 g/mol. The summed E-state index contributed by atoms with van der Waals surface area (Å²) in [5.74, 6) is -1.04. The van der Waals surface area contributed by atoms with Gasteiger partial charge in [0.1, 0.15) is 0 Å². The number of hydrogen-bond acceptors (Lipinski definition) is 12. The molecule has 0 aliphatic rings. The van der Waals surface area contributed by atoms with E-state index in [1.807, 2.05) is 12.1 Å². The van der Waals surface area contributed by atoms with Crippen LogP contribution in [0.1, 0.15) is 11.4 Å². The van der Waals surface area contributed by atoms with Gasteiger partial charge in [-0.2, -0.15) is 10.2 Å². The Morgan fingerprint density at radius 3 is 1.25 bits per heavy atom. The number of H-pyrrole nitrogens is 2. The zero-order valence-electron chi connectivity index (χ0n) is 27.4. The van der Waals surface area contributed by atoms with Crippen molar-refractivity contribution in [2.75, 3.05) is 0 Å². The molecule has 0 fully saturated rings. The van der Waals surface area contributed by atoms with Crippen LogP contribution in [0.15, 0.2) is 127 Å². The molecule has 0 atom stereocenters. The quantitative estimate of drug-likeness (QED) is 0.101. The van der Waals surface area contributed by atoms with Crippen molar-refractivity contribution in [2.45, 2.75) is 13.8 Å². The van der Waals surface area contributed by atoms with E-state index in [9.17, 15) is 40.0 Å². The van der Waals surface area contributed by atoms with Crippen molar-refractivity contribution in [2.24, 2.45) is 20.5 Å². The first-order valence-corrected chi connectivity index (χ1v) is 14.4. The number of non-ortho nitro benzene ring substituents is 2. The Bertz CT molecular complexity index is 2220. The third-order valence-electron chi connectivity index (χ3n) is 6.93. The summed E-state index contributed by atoms with van der Waals surface area (Å²) in [5.41, 5.74) is 0.350. The number of hydrogen-bond donors (Lipinski definition) is 2. The standard InChI is InChI=1S/2C16H13N5O4.Co.Na/c2*1-10-15(16(23)20(19-10)11-5-3-2-4-6-11)18-17-13-9-12(21(24)25)7-8-14(13)22;;/h2*2-9,19,22H,1H3;;/q;;+3;+1/p-2. The summed E-state index contributed by atoms with van der Waals surface area (Å²) in [6.07, 6.45) is 0. The Hall–Kier alpha value is -5.99. The number of nitro groups is 2. The fourth-order valence-corrected chi connectivity index (χ4v) is 4.43. The predicted octanol–water partition coefficient (Wildman–Crippen LogP) is 2.74. The molecule has 0 aliphatic carbocycles. The van der Waals surface area contributed by atoms with Gasteiger partial charge >= 0.3 is 46.3 Å². The molecule has 0 unspecified atom stereocenters. The fourth-order valence-electron chi connectivity index (χ4n) is 4.43. The third-order valence-corrected chi connectivity index (χ3v) is 6.93. The Morgan fingerprint density at radius 1 is 0.577 bits per heavy atom. The Labute approximate surface area is 325 Å². The molecule has 4 aromatic carbocycles. The average Bonchev–Trinajstić information content (AvgIpc) is 3.56. The second kappa shape index (κ2) is 17.8. The van der Waals surface area contributed by atoms with E-state index in [2.05, 4.69) is 30.7 Å². The number of nitrogens with one attached hydrogen (secondary N) is 2. The van der Waals surface area contributed by atoms with E-state index in [1.54, 1.807) is 62.4 Å². The zero-order chi connectivity index (χ0) is 35.9. The summed E-state index contributed by atoms with van der Waals surface area (Å²) in [5, 5.41) is 65.9. The number of benzene rings is 4. The smallest absolute Gasteiger partial charge is 0.871 e.